The molecule has 0 radical (unpaired) electrons. The molecule has 3 heteroatoms. The average molecular weight is 233 g/mol. The molecule has 1 heterocycles. The van der Waals surface area contributed by atoms with Crippen molar-refractivity contribution in [2.75, 3.05) is 26.4 Å². The topological polar surface area (TPSA) is 30.5 Å². The van der Waals surface area contributed by atoms with Gasteiger partial charge in [0.05, 0.1) is 19.8 Å². The van der Waals surface area contributed by atoms with Gasteiger partial charge in [-0.1, -0.05) is 30.4 Å². The minimum absolute atomic E-state index is 0.304. The third-order valence-electron chi connectivity index (χ3n) is 2.68. The lowest BCUT2D eigenvalue weighted by Gasteiger charge is -2.20. The molecule has 0 spiro atoms. The minimum atomic E-state index is 0.304. The highest BCUT2D eigenvalue weighted by molar-refractivity contribution is 5.57. The fourth-order valence-corrected chi connectivity index (χ4v) is 1.83. The van der Waals surface area contributed by atoms with Crippen LogP contribution in [0.5, 0.6) is 5.75 Å². The molecule has 0 aromatic heterocycles. The molecule has 0 bridgehead atoms. The Labute approximate surface area is 102 Å². The number of para-hydroxylation sites is 1. The molecule has 0 aliphatic carbocycles. The molecule has 17 heavy (non-hydrogen) atoms. The number of hydrogen-bond acceptors (Lipinski definition) is 3. The van der Waals surface area contributed by atoms with Gasteiger partial charge in [0.2, 0.25) is 0 Å². The molecule has 1 aromatic carbocycles. The zero-order chi connectivity index (χ0) is 11.9. The van der Waals surface area contributed by atoms with Gasteiger partial charge in [0.15, 0.2) is 0 Å². The molecule has 1 atom stereocenters. The van der Waals surface area contributed by atoms with E-state index in [1.54, 1.807) is 0 Å². The number of nitrogens with one attached hydrogen (secondary N) is 1. The van der Waals surface area contributed by atoms with Crippen LogP contribution in [0.2, 0.25) is 0 Å². The molecule has 0 saturated carbocycles. The molecule has 1 aromatic rings. The molecule has 1 saturated heterocycles. The molecule has 3 nitrogen and oxygen atoms in total. The Morgan fingerprint density at radius 2 is 2.35 bits per heavy atom. The summed E-state index contributed by atoms with van der Waals surface area (Å²) in [5.74, 6) is 0.933. The van der Waals surface area contributed by atoms with Crippen LogP contribution in [0, 0.1) is 0 Å². The minimum Gasteiger partial charge on any atom is -0.493 e. The van der Waals surface area contributed by atoms with Crippen molar-refractivity contribution in [3.05, 3.63) is 35.9 Å². The monoisotopic (exact) mass is 233 g/mol. The molecule has 1 aliphatic rings. The summed E-state index contributed by atoms with van der Waals surface area (Å²) >= 11 is 0. The highest BCUT2D eigenvalue weighted by Crippen LogP contribution is 2.19. The fourth-order valence-electron chi connectivity index (χ4n) is 1.83. The Hall–Kier alpha value is -1.32. The number of rotatable bonds is 4. The first-order valence-electron chi connectivity index (χ1n) is 6.11. The Morgan fingerprint density at radius 3 is 3.12 bits per heavy atom. The standard InChI is InChI=1S/C14H19NO2/c1-2-17-14-6-4-3-5-12(14)7-8-13-11-16-10-9-15-13/h3-8,13,15H,2,9-11H2,1H3/b8-7+. The van der Waals surface area contributed by atoms with Crippen LogP contribution in [0.1, 0.15) is 12.5 Å². The summed E-state index contributed by atoms with van der Waals surface area (Å²) in [6.07, 6.45) is 4.23. The van der Waals surface area contributed by atoms with Crippen LogP contribution in [0.4, 0.5) is 0 Å². The van der Waals surface area contributed by atoms with Crippen LogP contribution in [-0.4, -0.2) is 32.4 Å². The van der Waals surface area contributed by atoms with Gasteiger partial charge < -0.3 is 14.8 Å². The molecule has 0 amide bonds. The van der Waals surface area contributed by atoms with Crippen molar-refractivity contribution in [3.8, 4) is 5.75 Å². The fraction of sp³-hybridized carbons (Fsp3) is 0.429. The summed E-state index contributed by atoms with van der Waals surface area (Å²) in [6, 6.07) is 8.37. The zero-order valence-corrected chi connectivity index (χ0v) is 10.2. The lowest BCUT2D eigenvalue weighted by Crippen LogP contribution is -2.39. The Balaban J connectivity index is 2.03. The maximum Gasteiger partial charge on any atom is 0.126 e. The number of hydrogen-bond donors (Lipinski definition) is 1. The Kier molecular flexibility index (Phi) is 4.59. The Bertz CT molecular complexity index is 370. The number of morpholine rings is 1. The smallest absolute Gasteiger partial charge is 0.126 e. The summed E-state index contributed by atoms with van der Waals surface area (Å²) < 4.78 is 11.0. The van der Waals surface area contributed by atoms with Crippen LogP contribution < -0.4 is 10.1 Å². The molecule has 1 aliphatic heterocycles. The SMILES string of the molecule is CCOc1ccccc1/C=C/C1COCCN1. The quantitative estimate of drug-likeness (QED) is 0.863. The summed E-state index contributed by atoms with van der Waals surface area (Å²) in [7, 11) is 0. The van der Waals surface area contributed by atoms with E-state index in [0.29, 0.717) is 12.6 Å². The zero-order valence-electron chi connectivity index (χ0n) is 10.2. The van der Waals surface area contributed by atoms with E-state index in [4.69, 9.17) is 9.47 Å². The van der Waals surface area contributed by atoms with Gasteiger partial charge in [-0.05, 0) is 13.0 Å². The highest BCUT2D eigenvalue weighted by Gasteiger charge is 2.09. The van der Waals surface area contributed by atoms with Gasteiger partial charge in [-0.2, -0.15) is 0 Å². The van der Waals surface area contributed by atoms with Crippen molar-refractivity contribution >= 4 is 6.08 Å². The second-order valence-corrected chi connectivity index (χ2v) is 3.97. The highest BCUT2D eigenvalue weighted by atomic mass is 16.5. The van der Waals surface area contributed by atoms with Crippen molar-refractivity contribution < 1.29 is 9.47 Å². The number of ether oxygens (including phenoxy) is 2. The van der Waals surface area contributed by atoms with Crippen LogP contribution in [-0.2, 0) is 4.74 Å². The van der Waals surface area contributed by atoms with Crippen molar-refractivity contribution in [3.63, 3.8) is 0 Å². The van der Waals surface area contributed by atoms with E-state index in [-0.39, 0.29) is 0 Å². The van der Waals surface area contributed by atoms with Gasteiger partial charge in [0.25, 0.3) is 0 Å². The molecular formula is C14H19NO2. The molecular weight excluding hydrogens is 214 g/mol. The maximum atomic E-state index is 5.57. The predicted octanol–water partition coefficient (Wildman–Crippen LogP) is 2.09. The molecule has 2 rings (SSSR count). The van der Waals surface area contributed by atoms with Crippen molar-refractivity contribution in [1.29, 1.82) is 0 Å². The largest absolute Gasteiger partial charge is 0.493 e. The molecule has 1 N–H and O–H groups in total. The summed E-state index contributed by atoms with van der Waals surface area (Å²) in [4.78, 5) is 0. The van der Waals surface area contributed by atoms with Crippen LogP contribution in [0.3, 0.4) is 0 Å². The van der Waals surface area contributed by atoms with E-state index in [9.17, 15) is 0 Å². The maximum absolute atomic E-state index is 5.57. The van der Waals surface area contributed by atoms with Crippen molar-refractivity contribution in [2.24, 2.45) is 0 Å². The van der Waals surface area contributed by atoms with E-state index in [1.807, 2.05) is 25.1 Å². The first-order valence-corrected chi connectivity index (χ1v) is 6.11. The van der Waals surface area contributed by atoms with E-state index in [1.165, 1.54) is 0 Å². The second kappa shape index (κ2) is 6.42. The third-order valence-corrected chi connectivity index (χ3v) is 2.68. The van der Waals surface area contributed by atoms with Crippen LogP contribution >= 0.6 is 0 Å². The predicted molar refractivity (Wildman–Crippen MR) is 69.3 cm³/mol. The van der Waals surface area contributed by atoms with E-state index in [2.05, 4.69) is 23.5 Å². The van der Waals surface area contributed by atoms with Gasteiger partial charge in [-0.3, -0.25) is 0 Å². The van der Waals surface area contributed by atoms with Crippen molar-refractivity contribution in [2.45, 2.75) is 13.0 Å². The van der Waals surface area contributed by atoms with E-state index in [0.717, 1.165) is 31.1 Å². The van der Waals surface area contributed by atoms with Crippen molar-refractivity contribution in [1.82, 2.24) is 5.32 Å². The van der Waals surface area contributed by atoms with Crippen LogP contribution in [0.25, 0.3) is 6.08 Å². The third kappa shape index (κ3) is 3.58. The lowest BCUT2D eigenvalue weighted by atomic mass is 10.1. The normalized spacial score (nSPS) is 20.6. The van der Waals surface area contributed by atoms with Crippen LogP contribution in [0.15, 0.2) is 30.3 Å². The second-order valence-electron chi connectivity index (χ2n) is 3.97. The molecule has 1 fully saturated rings. The van der Waals surface area contributed by atoms with E-state index < -0.39 is 0 Å². The van der Waals surface area contributed by atoms with Gasteiger partial charge in [-0.15, -0.1) is 0 Å². The number of benzene rings is 1. The summed E-state index contributed by atoms with van der Waals surface area (Å²) in [6.45, 7) is 5.15. The van der Waals surface area contributed by atoms with Gasteiger partial charge in [0.1, 0.15) is 5.75 Å². The lowest BCUT2D eigenvalue weighted by molar-refractivity contribution is 0.0903. The summed E-state index contributed by atoms with van der Waals surface area (Å²) in [5.41, 5.74) is 1.11. The van der Waals surface area contributed by atoms with Gasteiger partial charge in [-0.25, -0.2) is 0 Å². The molecule has 92 valence electrons. The summed E-state index contributed by atoms with van der Waals surface area (Å²) in [5, 5.41) is 3.39. The van der Waals surface area contributed by atoms with Gasteiger partial charge >= 0.3 is 0 Å². The molecule has 1 unspecified atom stereocenters. The first kappa shape index (κ1) is 12.1. The van der Waals surface area contributed by atoms with E-state index >= 15 is 0 Å². The average Bonchev–Trinajstić information content (AvgIpc) is 2.39. The Morgan fingerprint density at radius 1 is 1.47 bits per heavy atom. The van der Waals surface area contributed by atoms with Gasteiger partial charge in [0, 0.05) is 18.2 Å². The first-order chi connectivity index (χ1) is 8.40.